The number of Topliss-reactive ketones (excluding diaryl/α,β-unsaturated/α-hetero) is 1. The Balaban J connectivity index is 1.97. The lowest BCUT2D eigenvalue weighted by molar-refractivity contribution is -0.150. The fourth-order valence-electron chi connectivity index (χ4n) is 2.70. The van der Waals surface area contributed by atoms with Crippen molar-refractivity contribution in [3.8, 4) is 0 Å². The average Bonchev–Trinajstić information content (AvgIpc) is 2.45. The molecule has 104 valence electrons. The number of allylic oxidation sites excluding steroid dienone is 2. The van der Waals surface area contributed by atoms with Crippen molar-refractivity contribution in [2.24, 2.45) is 11.8 Å². The van der Waals surface area contributed by atoms with Crippen LogP contribution < -0.4 is 5.32 Å². The highest BCUT2D eigenvalue weighted by molar-refractivity contribution is 8.04. The molecule has 1 aliphatic heterocycles. The molecule has 1 aromatic carbocycles. The highest BCUT2D eigenvalue weighted by Crippen LogP contribution is 2.46. The number of fused-ring (bicyclic) bond motifs is 1. The van der Waals surface area contributed by atoms with Crippen LogP contribution in [0, 0.1) is 11.8 Å². The molecule has 0 spiro atoms. The normalized spacial score (nSPS) is 24.6. The molecular formula is C15H15NO3S. The number of carbonyl (C=O) groups excluding carboxylic acids is 2. The van der Waals surface area contributed by atoms with Gasteiger partial charge in [0.15, 0.2) is 5.78 Å². The maximum Gasteiger partial charge on any atom is 0.316 e. The molecule has 0 aromatic heterocycles. The molecule has 2 aliphatic rings. The lowest BCUT2D eigenvalue weighted by Gasteiger charge is -2.33. The van der Waals surface area contributed by atoms with Crippen molar-refractivity contribution in [2.75, 3.05) is 12.4 Å². The first-order valence-electron chi connectivity index (χ1n) is 6.51. The van der Waals surface area contributed by atoms with Crippen LogP contribution in [0.5, 0.6) is 0 Å². The summed E-state index contributed by atoms with van der Waals surface area (Å²) in [7, 11) is 1.33. The van der Waals surface area contributed by atoms with E-state index in [1.807, 2.05) is 31.2 Å². The number of anilines is 1. The predicted molar refractivity (Wildman–Crippen MR) is 77.2 cm³/mol. The van der Waals surface area contributed by atoms with Crippen molar-refractivity contribution < 1.29 is 14.3 Å². The number of para-hydroxylation sites is 1. The molecule has 0 saturated carbocycles. The second-order valence-electron chi connectivity index (χ2n) is 5.08. The van der Waals surface area contributed by atoms with Crippen LogP contribution in [-0.2, 0) is 14.3 Å². The van der Waals surface area contributed by atoms with E-state index in [1.54, 1.807) is 0 Å². The Kier molecular flexibility index (Phi) is 3.30. The summed E-state index contributed by atoms with van der Waals surface area (Å²) >= 11 is 1.44. The number of hydrogen-bond donors (Lipinski definition) is 1. The second kappa shape index (κ2) is 4.98. The zero-order valence-electron chi connectivity index (χ0n) is 11.3. The van der Waals surface area contributed by atoms with E-state index in [1.165, 1.54) is 18.9 Å². The van der Waals surface area contributed by atoms with Crippen molar-refractivity contribution in [1.82, 2.24) is 0 Å². The maximum atomic E-state index is 12.6. The predicted octanol–water partition coefficient (Wildman–Crippen LogP) is 2.81. The van der Waals surface area contributed by atoms with Crippen molar-refractivity contribution in [3.05, 3.63) is 34.9 Å². The highest BCUT2D eigenvalue weighted by atomic mass is 32.2. The van der Waals surface area contributed by atoms with Crippen molar-refractivity contribution in [3.63, 3.8) is 0 Å². The number of ketones is 1. The highest BCUT2D eigenvalue weighted by Gasteiger charge is 2.42. The van der Waals surface area contributed by atoms with E-state index in [2.05, 4.69) is 5.32 Å². The van der Waals surface area contributed by atoms with Crippen LogP contribution in [0.4, 0.5) is 5.69 Å². The van der Waals surface area contributed by atoms with E-state index >= 15 is 0 Å². The summed E-state index contributed by atoms with van der Waals surface area (Å²) in [6, 6.07) is 7.86. The third-order valence-corrected chi connectivity index (χ3v) is 4.94. The van der Waals surface area contributed by atoms with Gasteiger partial charge in [0.1, 0.15) is 5.92 Å². The standard InChI is InChI=1S/C15H15NO3S/c1-8-7-10-14(13(17)12(8)15(18)19-2)20-11-6-4-3-5-9(11)16-10/h3-6,8,12,16H,7H2,1-2H3. The molecule has 2 unspecified atom stereocenters. The van der Waals surface area contributed by atoms with Gasteiger partial charge in [-0.25, -0.2) is 0 Å². The number of methoxy groups -OCH3 is 1. The van der Waals surface area contributed by atoms with Gasteiger partial charge in [-0.05, 0) is 24.5 Å². The Morgan fingerprint density at radius 2 is 2.15 bits per heavy atom. The molecule has 0 bridgehead atoms. The molecule has 1 N–H and O–H groups in total. The molecule has 0 radical (unpaired) electrons. The van der Waals surface area contributed by atoms with Gasteiger partial charge in [0.2, 0.25) is 0 Å². The van der Waals surface area contributed by atoms with Crippen molar-refractivity contribution in [1.29, 1.82) is 0 Å². The lowest BCUT2D eigenvalue weighted by atomic mass is 9.81. The molecule has 4 nitrogen and oxygen atoms in total. The summed E-state index contributed by atoms with van der Waals surface area (Å²) < 4.78 is 4.77. The van der Waals surface area contributed by atoms with Crippen molar-refractivity contribution in [2.45, 2.75) is 18.2 Å². The topological polar surface area (TPSA) is 55.4 Å². The Morgan fingerprint density at radius 1 is 1.40 bits per heavy atom. The molecule has 0 amide bonds. The molecule has 5 heteroatoms. The lowest BCUT2D eigenvalue weighted by Crippen LogP contribution is -2.37. The Morgan fingerprint density at radius 3 is 2.90 bits per heavy atom. The summed E-state index contributed by atoms with van der Waals surface area (Å²) in [4.78, 5) is 26.0. The summed E-state index contributed by atoms with van der Waals surface area (Å²) in [5, 5.41) is 3.32. The van der Waals surface area contributed by atoms with Gasteiger partial charge in [-0.2, -0.15) is 0 Å². The zero-order chi connectivity index (χ0) is 14.3. The Bertz CT molecular complexity index is 623. The first-order valence-corrected chi connectivity index (χ1v) is 7.32. The van der Waals surface area contributed by atoms with Crippen LogP contribution in [0.2, 0.25) is 0 Å². The fourth-order valence-corrected chi connectivity index (χ4v) is 3.78. The van der Waals surface area contributed by atoms with E-state index in [9.17, 15) is 9.59 Å². The second-order valence-corrected chi connectivity index (χ2v) is 6.13. The zero-order valence-corrected chi connectivity index (χ0v) is 12.1. The monoisotopic (exact) mass is 289 g/mol. The van der Waals surface area contributed by atoms with E-state index in [4.69, 9.17) is 4.74 Å². The van der Waals surface area contributed by atoms with E-state index in [-0.39, 0.29) is 11.7 Å². The minimum absolute atomic E-state index is 0.0490. The van der Waals surface area contributed by atoms with E-state index in [0.29, 0.717) is 11.3 Å². The molecule has 1 aromatic rings. The van der Waals surface area contributed by atoms with Gasteiger partial charge in [-0.1, -0.05) is 30.8 Å². The summed E-state index contributed by atoms with van der Waals surface area (Å²) in [5.41, 5.74) is 1.94. The average molecular weight is 289 g/mol. The Labute approximate surface area is 121 Å². The first-order chi connectivity index (χ1) is 9.61. The third kappa shape index (κ3) is 2.02. The molecule has 0 fully saturated rings. The van der Waals surface area contributed by atoms with Gasteiger partial charge < -0.3 is 10.1 Å². The van der Waals surface area contributed by atoms with E-state index in [0.717, 1.165) is 16.3 Å². The van der Waals surface area contributed by atoms with Gasteiger partial charge in [0.05, 0.1) is 17.7 Å². The number of carbonyl (C=O) groups is 2. The molecular weight excluding hydrogens is 274 g/mol. The molecule has 0 saturated heterocycles. The maximum absolute atomic E-state index is 12.6. The van der Waals surface area contributed by atoms with E-state index < -0.39 is 11.9 Å². The summed E-state index contributed by atoms with van der Waals surface area (Å²) in [6.45, 7) is 1.91. The third-order valence-electron chi connectivity index (χ3n) is 3.72. The number of rotatable bonds is 1. The smallest absolute Gasteiger partial charge is 0.316 e. The Hall–Kier alpha value is -1.75. The van der Waals surface area contributed by atoms with Crippen LogP contribution in [-0.4, -0.2) is 18.9 Å². The SMILES string of the molecule is COC(=O)C1C(=O)C2=C(CC1C)Nc1ccccc1S2. The van der Waals surface area contributed by atoms with Crippen LogP contribution in [0.3, 0.4) is 0 Å². The van der Waals surface area contributed by atoms with Crippen LogP contribution in [0.1, 0.15) is 13.3 Å². The summed E-state index contributed by atoms with van der Waals surface area (Å²) in [6.07, 6.45) is 0.683. The van der Waals surface area contributed by atoms with Crippen LogP contribution >= 0.6 is 11.8 Å². The van der Waals surface area contributed by atoms with Gasteiger partial charge in [-0.15, -0.1) is 0 Å². The van der Waals surface area contributed by atoms with Gasteiger partial charge >= 0.3 is 5.97 Å². The number of thioether (sulfide) groups is 1. The number of benzene rings is 1. The minimum Gasteiger partial charge on any atom is -0.468 e. The molecule has 1 heterocycles. The first kappa shape index (κ1) is 13.2. The molecule has 2 atom stereocenters. The van der Waals surface area contributed by atoms with Crippen LogP contribution in [0.25, 0.3) is 0 Å². The van der Waals surface area contributed by atoms with Crippen molar-refractivity contribution >= 4 is 29.2 Å². The van der Waals surface area contributed by atoms with Gasteiger partial charge in [0.25, 0.3) is 0 Å². The van der Waals surface area contributed by atoms with Gasteiger partial charge in [-0.3, -0.25) is 9.59 Å². The summed E-state index contributed by atoms with van der Waals surface area (Å²) in [5.74, 6) is -1.29. The minimum atomic E-state index is -0.682. The molecule has 1 aliphatic carbocycles. The fraction of sp³-hybridized carbons (Fsp3) is 0.333. The number of nitrogens with one attached hydrogen (secondary N) is 1. The molecule has 3 rings (SSSR count). The largest absolute Gasteiger partial charge is 0.468 e. The number of esters is 1. The quantitative estimate of drug-likeness (QED) is 0.636. The van der Waals surface area contributed by atoms with Gasteiger partial charge in [0, 0.05) is 10.6 Å². The molecule has 20 heavy (non-hydrogen) atoms. The number of ether oxygens (including phenoxy) is 1. The van der Waals surface area contributed by atoms with Crippen LogP contribution in [0.15, 0.2) is 39.8 Å². The number of hydrogen-bond acceptors (Lipinski definition) is 5.